The van der Waals surface area contributed by atoms with E-state index >= 15 is 0 Å². The maximum atomic E-state index is 13.0. The molecule has 5 nitrogen and oxygen atoms in total. The Bertz CT molecular complexity index is 890. The average Bonchev–Trinajstić information content (AvgIpc) is 2.66. The molecule has 6 heteroatoms. The van der Waals surface area contributed by atoms with Gasteiger partial charge in [0.25, 0.3) is 0 Å². The molecule has 25 heavy (non-hydrogen) atoms. The van der Waals surface area contributed by atoms with Gasteiger partial charge in [-0.2, -0.15) is 4.31 Å². The Hall–Kier alpha value is -2.05. The Morgan fingerprint density at radius 1 is 1.00 bits per heavy atom. The molecule has 0 spiro atoms. The fourth-order valence-corrected chi connectivity index (χ4v) is 4.74. The lowest BCUT2D eigenvalue weighted by Crippen LogP contribution is -2.36. The first-order chi connectivity index (χ1) is 12.1. The lowest BCUT2D eigenvalue weighted by atomic mass is 10.00. The van der Waals surface area contributed by atoms with Crippen molar-refractivity contribution in [3.8, 4) is 11.5 Å². The van der Waals surface area contributed by atoms with Gasteiger partial charge in [-0.1, -0.05) is 19.1 Å². The van der Waals surface area contributed by atoms with Crippen LogP contribution in [0.15, 0.2) is 41.3 Å². The molecular weight excluding hydrogens is 338 g/mol. The number of ether oxygens (including phenoxy) is 2. The zero-order valence-electron chi connectivity index (χ0n) is 14.2. The first kappa shape index (κ1) is 16.4. The number of fused-ring (bicyclic) bond motifs is 2. The zero-order chi connectivity index (χ0) is 17.4. The van der Waals surface area contributed by atoms with Crippen LogP contribution < -0.4 is 9.47 Å². The van der Waals surface area contributed by atoms with Gasteiger partial charge in [0.05, 0.1) is 4.90 Å². The van der Waals surface area contributed by atoms with Crippen LogP contribution in [0.4, 0.5) is 0 Å². The number of aryl methyl sites for hydroxylation is 1. The SMILES string of the molecule is CCc1ccc(S(=O)(=O)N2CCc3cc4c(cc3C2)OCCO4)cc1. The standard InChI is InChI=1S/C19H21NO4S/c1-2-14-3-5-17(6-4-14)25(21,22)20-8-7-15-11-18-19(12-16(15)13-20)24-10-9-23-18/h3-6,11-12H,2,7-10,13H2,1H3. The summed E-state index contributed by atoms with van der Waals surface area (Å²) in [5, 5.41) is 0. The highest BCUT2D eigenvalue weighted by Crippen LogP contribution is 2.36. The third-order valence-electron chi connectivity index (χ3n) is 4.81. The highest BCUT2D eigenvalue weighted by Gasteiger charge is 2.29. The van der Waals surface area contributed by atoms with Crippen LogP contribution in [0.25, 0.3) is 0 Å². The topological polar surface area (TPSA) is 55.8 Å². The predicted octanol–water partition coefficient (Wildman–Crippen LogP) is 2.77. The van der Waals surface area contributed by atoms with Crippen LogP contribution in [0.3, 0.4) is 0 Å². The van der Waals surface area contributed by atoms with Crippen molar-refractivity contribution < 1.29 is 17.9 Å². The molecule has 0 saturated heterocycles. The van der Waals surface area contributed by atoms with Crippen molar-refractivity contribution in [1.82, 2.24) is 4.31 Å². The summed E-state index contributed by atoms with van der Waals surface area (Å²) in [5.41, 5.74) is 3.26. The molecule has 132 valence electrons. The molecule has 0 aromatic heterocycles. The summed E-state index contributed by atoms with van der Waals surface area (Å²) < 4.78 is 38.7. The van der Waals surface area contributed by atoms with E-state index in [0.717, 1.165) is 28.9 Å². The maximum absolute atomic E-state index is 13.0. The van der Waals surface area contributed by atoms with Crippen LogP contribution in [-0.4, -0.2) is 32.5 Å². The molecule has 0 amide bonds. The van der Waals surface area contributed by atoms with Crippen molar-refractivity contribution in [3.05, 3.63) is 53.1 Å². The molecule has 0 aliphatic carbocycles. The molecule has 2 aromatic carbocycles. The van der Waals surface area contributed by atoms with Gasteiger partial charge in [-0.15, -0.1) is 0 Å². The fourth-order valence-electron chi connectivity index (χ4n) is 3.32. The van der Waals surface area contributed by atoms with E-state index in [1.54, 1.807) is 16.4 Å². The molecule has 0 atom stereocenters. The van der Waals surface area contributed by atoms with Crippen LogP contribution in [0.1, 0.15) is 23.6 Å². The van der Waals surface area contributed by atoms with Gasteiger partial charge in [0.1, 0.15) is 13.2 Å². The molecule has 0 radical (unpaired) electrons. The van der Waals surface area contributed by atoms with Gasteiger partial charge < -0.3 is 9.47 Å². The number of nitrogens with zero attached hydrogens (tertiary/aromatic N) is 1. The molecule has 2 aliphatic rings. The molecule has 0 saturated carbocycles. The number of hydrogen-bond acceptors (Lipinski definition) is 4. The van der Waals surface area contributed by atoms with E-state index in [4.69, 9.17) is 9.47 Å². The number of benzene rings is 2. The Morgan fingerprint density at radius 2 is 1.64 bits per heavy atom. The third-order valence-corrected chi connectivity index (χ3v) is 6.67. The second-order valence-electron chi connectivity index (χ2n) is 6.35. The molecule has 0 N–H and O–H groups in total. The minimum absolute atomic E-state index is 0.352. The molecule has 0 bridgehead atoms. The van der Waals surface area contributed by atoms with E-state index in [9.17, 15) is 8.42 Å². The minimum Gasteiger partial charge on any atom is -0.486 e. The highest BCUT2D eigenvalue weighted by molar-refractivity contribution is 7.89. The summed E-state index contributed by atoms with van der Waals surface area (Å²) in [6.45, 7) is 3.98. The van der Waals surface area contributed by atoms with Crippen molar-refractivity contribution in [2.75, 3.05) is 19.8 Å². The van der Waals surface area contributed by atoms with Crippen molar-refractivity contribution >= 4 is 10.0 Å². The van der Waals surface area contributed by atoms with E-state index in [1.807, 2.05) is 24.3 Å². The predicted molar refractivity (Wildman–Crippen MR) is 94.6 cm³/mol. The fraction of sp³-hybridized carbons (Fsp3) is 0.368. The van der Waals surface area contributed by atoms with E-state index in [-0.39, 0.29) is 0 Å². The third kappa shape index (κ3) is 3.00. The molecule has 2 aromatic rings. The Balaban J connectivity index is 1.62. The summed E-state index contributed by atoms with van der Waals surface area (Å²) >= 11 is 0. The summed E-state index contributed by atoms with van der Waals surface area (Å²) in [6, 6.07) is 11.1. The average molecular weight is 359 g/mol. The maximum Gasteiger partial charge on any atom is 0.243 e. The summed E-state index contributed by atoms with van der Waals surface area (Å²) in [6.07, 6.45) is 1.57. The molecule has 2 aliphatic heterocycles. The normalized spacial score (nSPS) is 17.2. The van der Waals surface area contributed by atoms with Crippen LogP contribution in [0, 0.1) is 0 Å². The van der Waals surface area contributed by atoms with Crippen LogP contribution in [-0.2, 0) is 29.4 Å². The van der Waals surface area contributed by atoms with E-state index in [0.29, 0.717) is 43.4 Å². The summed E-state index contributed by atoms with van der Waals surface area (Å²) in [7, 11) is -3.49. The minimum atomic E-state index is -3.49. The number of hydrogen-bond donors (Lipinski definition) is 0. The van der Waals surface area contributed by atoms with Crippen molar-refractivity contribution in [2.45, 2.75) is 31.2 Å². The largest absolute Gasteiger partial charge is 0.486 e. The zero-order valence-corrected chi connectivity index (χ0v) is 15.0. The van der Waals surface area contributed by atoms with E-state index in [1.165, 1.54) is 0 Å². The van der Waals surface area contributed by atoms with Gasteiger partial charge in [0.2, 0.25) is 10.0 Å². The van der Waals surface area contributed by atoms with Crippen LogP contribution in [0.5, 0.6) is 11.5 Å². The van der Waals surface area contributed by atoms with Crippen molar-refractivity contribution in [3.63, 3.8) is 0 Å². The summed E-state index contributed by atoms with van der Waals surface area (Å²) in [5.74, 6) is 1.47. The van der Waals surface area contributed by atoms with Crippen LogP contribution >= 0.6 is 0 Å². The van der Waals surface area contributed by atoms with Gasteiger partial charge >= 0.3 is 0 Å². The van der Waals surface area contributed by atoms with Crippen molar-refractivity contribution in [1.29, 1.82) is 0 Å². The quantitative estimate of drug-likeness (QED) is 0.846. The van der Waals surface area contributed by atoms with Crippen LogP contribution in [0.2, 0.25) is 0 Å². The molecule has 0 unspecified atom stereocenters. The van der Waals surface area contributed by atoms with Gasteiger partial charge in [-0.05, 0) is 53.8 Å². The van der Waals surface area contributed by atoms with Gasteiger partial charge in [0.15, 0.2) is 11.5 Å². The van der Waals surface area contributed by atoms with E-state index in [2.05, 4.69) is 6.92 Å². The Morgan fingerprint density at radius 3 is 2.28 bits per heavy atom. The molecular formula is C19H21NO4S. The molecule has 4 rings (SSSR count). The molecule has 2 heterocycles. The number of rotatable bonds is 3. The first-order valence-electron chi connectivity index (χ1n) is 8.58. The van der Waals surface area contributed by atoms with Crippen molar-refractivity contribution in [2.24, 2.45) is 0 Å². The van der Waals surface area contributed by atoms with Gasteiger partial charge in [0, 0.05) is 13.1 Å². The highest BCUT2D eigenvalue weighted by atomic mass is 32.2. The second-order valence-corrected chi connectivity index (χ2v) is 8.29. The lowest BCUT2D eigenvalue weighted by molar-refractivity contribution is 0.171. The first-order valence-corrected chi connectivity index (χ1v) is 10.0. The summed E-state index contributed by atoms with van der Waals surface area (Å²) in [4.78, 5) is 0.352. The number of sulfonamides is 1. The molecule has 0 fully saturated rings. The monoisotopic (exact) mass is 359 g/mol. The smallest absolute Gasteiger partial charge is 0.243 e. The Labute approximate surface area is 148 Å². The van der Waals surface area contributed by atoms with E-state index < -0.39 is 10.0 Å². The van der Waals surface area contributed by atoms with Gasteiger partial charge in [-0.3, -0.25) is 0 Å². The Kier molecular flexibility index (Phi) is 4.17. The van der Waals surface area contributed by atoms with Gasteiger partial charge in [-0.25, -0.2) is 8.42 Å². The lowest BCUT2D eigenvalue weighted by Gasteiger charge is -2.30. The second kappa shape index (κ2) is 6.35.